The maximum atomic E-state index is 6.31. The fraction of sp³-hybridized carbons (Fsp3) is 0.375. The van der Waals surface area contributed by atoms with E-state index in [4.69, 9.17) is 16.6 Å². The Morgan fingerprint density at radius 3 is 2.37 bits per heavy atom. The summed E-state index contributed by atoms with van der Waals surface area (Å²) in [6.45, 7) is 6.33. The Balaban J connectivity index is 2.21. The molecule has 1 aliphatic rings. The molecule has 1 heterocycles. The van der Waals surface area contributed by atoms with Crippen molar-refractivity contribution in [1.29, 1.82) is 0 Å². The van der Waals surface area contributed by atoms with Crippen LogP contribution < -0.4 is 0 Å². The second-order valence-electron chi connectivity index (χ2n) is 5.39. The molecule has 0 N–H and O–H groups in total. The quantitative estimate of drug-likeness (QED) is 0.727. The second-order valence-corrected chi connectivity index (χ2v) is 5.75. The van der Waals surface area contributed by atoms with Crippen LogP contribution in [0.1, 0.15) is 34.4 Å². The van der Waals surface area contributed by atoms with Crippen LogP contribution in [-0.4, -0.2) is 9.97 Å². The van der Waals surface area contributed by atoms with Gasteiger partial charge in [-0.15, -0.1) is 0 Å². The summed E-state index contributed by atoms with van der Waals surface area (Å²) in [5.41, 5.74) is 7.11. The fourth-order valence-electron chi connectivity index (χ4n) is 3.03. The number of halogens is 1. The van der Waals surface area contributed by atoms with Gasteiger partial charge in [-0.2, -0.15) is 0 Å². The van der Waals surface area contributed by atoms with Crippen LogP contribution in [0.5, 0.6) is 0 Å². The largest absolute Gasteiger partial charge is 0.233 e. The Hall–Kier alpha value is -1.41. The average molecular weight is 273 g/mol. The molecule has 2 aromatic rings. The second kappa shape index (κ2) is 4.61. The summed E-state index contributed by atoms with van der Waals surface area (Å²) in [6.07, 6.45) is 3.17. The number of hydrogen-bond acceptors (Lipinski definition) is 2. The van der Waals surface area contributed by atoms with E-state index in [9.17, 15) is 0 Å². The molecule has 3 rings (SSSR count). The van der Waals surface area contributed by atoms with Gasteiger partial charge in [-0.3, -0.25) is 0 Å². The molecule has 1 aromatic heterocycles. The van der Waals surface area contributed by atoms with E-state index in [0.717, 1.165) is 41.9 Å². The molecule has 0 spiro atoms. The van der Waals surface area contributed by atoms with E-state index in [0.29, 0.717) is 5.15 Å². The molecule has 1 aliphatic carbocycles. The zero-order valence-electron chi connectivity index (χ0n) is 11.5. The third-order valence-corrected chi connectivity index (χ3v) is 4.10. The van der Waals surface area contributed by atoms with Gasteiger partial charge < -0.3 is 0 Å². The number of rotatable bonds is 1. The molecule has 0 unspecified atom stereocenters. The molecule has 0 fully saturated rings. The molecule has 98 valence electrons. The molecule has 0 saturated heterocycles. The van der Waals surface area contributed by atoms with Crippen LogP contribution in [-0.2, 0) is 12.8 Å². The normalized spacial score (nSPS) is 13.7. The zero-order valence-corrected chi connectivity index (χ0v) is 12.3. The number of aryl methyl sites for hydroxylation is 4. The predicted octanol–water partition coefficient (Wildman–Crippen LogP) is 4.21. The van der Waals surface area contributed by atoms with Gasteiger partial charge in [-0.1, -0.05) is 29.3 Å². The van der Waals surface area contributed by atoms with E-state index in [1.807, 2.05) is 0 Å². The van der Waals surface area contributed by atoms with Crippen LogP contribution in [0.3, 0.4) is 0 Å². The van der Waals surface area contributed by atoms with Crippen LogP contribution in [0.4, 0.5) is 0 Å². The first-order valence-corrected chi connectivity index (χ1v) is 7.07. The van der Waals surface area contributed by atoms with E-state index in [1.54, 1.807) is 0 Å². The molecule has 0 aliphatic heterocycles. The Morgan fingerprint density at radius 2 is 1.68 bits per heavy atom. The Morgan fingerprint density at radius 1 is 1.00 bits per heavy atom. The molecule has 0 saturated carbocycles. The van der Waals surface area contributed by atoms with Gasteiger partial charge in [0.2, 0.25) is 0 Å². The first-order chi connectivity index (χ1) is 9.06. The highest BCUT2D eigenvalue weighted by Crippen LogP contribution is 2.31. The fourth-order valence-corrected chi connectivity index (χ4v) is 3.31. The highest BCUT2D eigenvalue weighted by atomic mass is 35.5. The van der Waals surface area contributed by atoms with Crippen LogP contribution in [0, 0.1) is 20.8 Å². The maximum Gasteiger partial charge on any atom is 0.161 e. The van der Waals surface area contributed by atoms with Gasteiger partial charge in [0, 0.05) is 16.8 Å². The van der Waals surface area contributed by atoms with E-state index in [2.05, 4.69) is 37.9 Å². The summed E-state index contributed by atoms with van der Waals surface area (Å²) in [7, 11) is 0. The Bertz CT molecular complexity index is 639. The smallest absolute Gasteiger partial charge is 0.161 e. The van der Waals surface area contributed by atoms with Crippen molar-refractivity contribution in [3.63, 3.8) is 0 Å². The number of benzene rings is 1. The molecule has 0 atom stereocenters. The third kappa shape index (κ3) is 2.14. The van der Waals surface area contributed by atoms with Gasteiger partial charge in [0.1, 0.15) is 5.15 Å². The van der Waals surface area contributed by atoms with Crippen molar-refractivity contribution in [1.82, 2.24) is 9.97 Å². The van der Waals surface area contributed by atoms with Crippen molar-refractivity contribution in [2.75, 3.05) is 0 Å². The van der Waals surface area contributed by atoms with E-state index in [-0.39, 0.29) is 0 Å². The number of hydrogen-bond donors (Lipinski definition) is 0. The lowest BCUT2D eigenvalue weighted by molar-refractivity contribution is 0.900. The topological polar surface area (TPSA) is 25.8 Å². The van der Waals surface area contributed by atoms with Crippen molar-refractivity contribution in [3.05, 3.63) is 45.2 Å². The molecule has 0 amide bonds. The lowest BCUT2D eigenvalue weighted by Crippen LogP contribution is -2.00. The van der Waals surface area contributed by atoms with Crippen LogP contribution in [0.15, 0.2) is 12.1 Å². The van der Waals surface area contributed by atoms with Gasteiger partial charge in [-0.25, -0.2) is 9.97 Å². The van der Waals surface area contributed by atoms with Gasteiger partial charge in [0.15, 0.2) is 5.82 Å². The molecule has 3 heteroatoms. The van der Waals surface area contributed by atoms with Crippen molar-refractivity contribution >= 4 is 11.6 Å². The van der Waals surface area contributed by atoms with Crippen LogP contribution >= 0.6 is 11.6 Å². The van der Waals surface area contributed by atoms with E-state index in [1.165, 1.54) is 16.7 Å². The summed E-state index contributed by atoms with van der Waals surface area (Å²) >= 11 is 6.31. The lowest BCUT2D eigenvalue weighted by atomic mass is 9.99. The Kier molecular flexibility index (Phi) is 3.06. The van der Waals surface area contributed by atoms with Crippen LogP contribution in [0.2, 0.25) is 5.15 Å². The van der Waals surface area contributed by atoms with Crippen molar-refractivity contribution < 1.29 is 0 Å². The summed E-state index contributed by atoms with van der Waals surface area (Å²) in [5, 5.41) is 0.636. The summed E-state index contributed by atoms with van der Waals surface area (Å²) in [6, 6.07) is 4.35. The molecule has 19 heavy (non-hydrogen) atoms. The monoisotopic (exact) mass is 272 g/mol. The summed E-state index contributed by atoms with van der Waals surface area (Å²) in [5.74, 6) is 0.778. The minimum absolute atomic E-state index is 0.636. The van der Waals surface area contributed by atoms with Crippen LogP contribution in [0.25, 0.3) is 11.4 Å². The van der Waals surface area contributed by atoms with E-state index >= 15 is 0 Å². The van der Waals surface area contributed by atoms with Crippen molar-refractivity contribution in [2.45, 2.75) is 40.0 Å². The minimum Gasteiger partial charge on any atom is -0.233 e. The Labute approximate surface area is 118 Å². The highest BCUT2D eigenvalue weighted by molar-refractivity contribution is 6.30. The predicted molar refractivity (Wildman–Crippen MR) is 78.7 cm³/mol. The maximum absolute atomic E-state index is 6.31. The first-order valence-electron chi connectivity index (χ1n) is 6.70. The lowest BCUT2D eigenvalue weighted by Gasteiger charge is -2.12. The van der Waals surface area contributed by atoms with Gasteiger partial charge in [-0.05, 0) is 51.2 Å². The molecule has 2 nitrogen and oxygen atoms in total. The molecular formula is C16H17ClN2. The van der Waals surface area contributed by atoms with E-state index < -0.39 is 0 Å². The van der Waals surface area contributed by atoms with Gasteiger partial charge in [0.25, 0.3) is 0 Å². The first kappa shape index (κ1) is 12.6. The molecule has 0 radical (unpaired) electrons. The summed E-state index contributed by atoms with van der Waals surface area (Å²) < 4.78 is 0. The average Bonchev–Trinajstić information content (AvgIpc) is 2.76. The number of aromatic nitrogens is 2. The van der Waals surface area contributed by atoms with Gasteiger partial charge >= 0.3 is 0 Å². The van der Waals surface area contributed by atoms with Crippen molar-refractivity contribution in [2.24, 2.45) is 0 Å². The number of fused-ring (bicyclic) bond motifs is 1. The number of nitrogens with zero attached hydrogens (tertiary/aromatic N) is 2. The summed E-state index contributed by atoms with van der Waals surface area (Å²) in [4.78, 5) is 9.26. The zero-order chi connectivity index (χ0) is 13.6. The highest BCUT2D eigenvalue weighted by Gasteiger charge is 2.20. The van der Waals surface area contributed by atoms with Crippen molar-refractivity contribution in [3.8, 4) is 11.4 Å². The molecule has 0 bridgehead atoms. The van der Waals surface area contributed by atoms with Gasteiger partial charge in [0.05, 0.1) is 0 Å². The molecule has 1 aromatic carbocycles. The minimum atomic E-state index is 0.636. The molecular weight excluding hydrogens is 256 g/mol. The third-order valence-electron chi connectivity index (χ3n) is 3.78. The standard InChI is InChI=1S/C16H17ClN2/c1-9-7-10(2)14(11(3)8-9)16-18-13-6-4-5-12(13)15(17)19-16/h7-8H,4-6H2,1-3H3. The SMILES string of the molecule is Cc1cc(C)c(-c2nc(Cl)c3c(n2)CCC3)c(C)c1.